The van der Waals surface area contributed by atoms with Gasteiger partial charge in [-0.1, -0.05) is 11.6 Å². The molecule has 1 N–H and O–H groups in total. The van der Waals surface area contributed by atoms with E-state index in [-0.39, 0.29) is 16.5 Å². The fourth-order valence-corrected chi connectivity index (χ4v) is 1.61. The molecule has 0 saturated heterocycles. The summed E-state index contributed by atoms with van der Waals surface area (Å²) in [5, 5.41) is 2.16. The van der Waals surface area contributed by atoms with Crippen LogP contribution in [0.2, 0.25) is 5.02 Å². The number of carbonyl (C=O) groups excluding carboxylic acids is 1. The fourth-order valence-electron chi connectivity index (χ4n) is 1.38. The summed E-state index contributed by atoms with van der Waals surface area (Å²) < 4.78 is 42.1. The molecule has 0 aliphatic rings. The smallest absolute Gasteiger partial charge is 0.416 e. The molecule has 7 heteroatoms. The van der Waals surface area contributed by atoms with Gasteiger partial charge in [0, 0.05) is 0 Å². The summed E-state index contributed by atoms with van der Waals surface area (Å²) in [6, 6.07) is 5.62. The van der Waals surface area contributed by atoms with Crippen LogP contribution >= 0.6 is 11.6 Å². The van der Waals surface area contributed by atoms with Gasteiger partial charge in [-0.25, -0.2) is 0 Å². The van der Waals surface area contributed by atoms with Gasteiger partial charge in [-0.3, -0.25) is 4.79 Å². The van der Waals surface area contributed by atoms with Gasteiger partial charge >= 0.3 is 6.18 Å². The molecule has 1 heterocycles. The average Bonchev–Trinajstić information content (AvgIpc) is 2.84. The van der Waals surface area contributed by atoms with Gasteiger partial charge in [0.25, 0.3) is 5.91 Å². The molecule has 3 nitrogen and oxygen atoms in total. The van der Waals surface area contributed by atoms with E-state index in [1.165, 1.54) is 18.4 Å². The summed E-state index contributed by atoms with van der Waals surface area (Å²) >= 11 is 5.70. The van der Waals surface area contributed by atoms with E-state index in [0.717, 1.165) is 18.2 Å². The maximum Gasteiger partial charge on any atom is 0.416 e. The van der Waals surface area contributed by atoms with Gasteiger partial charge in [-0.2, -0.15) is 13.2 Å². The van der Waals surface area contributed by atoms with Gasteiger partial charge in [0.2, 0.25) is 0 Å². The van der Waals surface area contributed by atoms with Crippen LogP contribution in [-0.2, 0) is 6.18 Å². The van der Waals surface area contributed by atoms with Crippen LogP contribution in [0, 0.1) is 0 Å². The molecule has 100 valence electrons. The van der Waals surface area contributed by atoms with Crippen LogP contribution in [0.4, 0.5) is 18.9 Å². The van der Waals surface area contributed by atoms with Crippen LogP contribution in [0.25, 0.3) is 0 Å². The molecule has 0 aliphatic heterocycles. The predicted octanol–water partition coefficient (Wildman–Crippen LogP) is 4.20. The largest absolute Gasteiger partial charge is 0.459 e. The van der Waals surface area contributed by atoms with Gasteiger partial charge in [-0.15, -0.1) is 0 Å². The molecule has 0 unspecified atom stereocenters. The van der Waals surface area contributed by atoms with E-state index in [0.29, 0.717) is 0 Å². The molecule has 2 aromatic rings. The van der Waals surface area contributed by atoms with E-state index in [1.54, 1.807) is 0 Å². The zero-order valence-electron chi connectivity index (χ0n) is 9.29. The minimum absolute atomic E-state index is 0.0379. The standard InChI is InChI=1S/C12H7ClF3NO2/c13-8-6-7(12(14,15)16)3-4-9(8)17-11(18)10-2-1-5-19-10/h1-6H,(H,17,18). The molecule has 19 heavy (non-hydrogen) atoms. The van der Waals surface area contributed by atoms with Crippen molar-refractivity contribution >= 4 is 23.2 Å². The summed E-state index contributed by atoms with van der Waals surface area (Å²) in [5.41, 5.74) is -0.801. The number of halogens is 4. The molecule has 1 aromatic carbocycles. The van der Waals surface area contributed by atoms with E-state index < -0.39 is 17.6 Å². The number of hydrogen-bond acceptors (Lipinski definition) is 2. The van der Waals surface area contributed by atoms with Gasteiger partial charge < -0.3 is 9.73 Å². The Balaban J connectivity index is 2.21. The number of carbonyl (C=O) groups is 1. The molecule has 0 spiro atoms. The van der Waals surface area contributed by atoms with Crippen molar-refractivity contribution in [3.05, 3.63) is 52.9 Å². The SMILES string of the molecule is O=C(Nc1ccc(C(F)(F)F)cc1Cl)c1ccco1. The molecule has 0 saturated carbocycles. The number of hydrogen-bond donors (Lipinski definition) is 1. The fraction of sp³-hybridized carbons (Fsp3) is 0.0833. The summed E-state index contributed by atoms with van der Waals surface area (Å²) in [5.74, 6) is -0.553. The third kappa shape index (κ3) is 3.08. The van der Waals surface area contributed by atoms with Crippen LogP contribution < -0.4 is 5.32 Å². The van der Waals surface area contributed by atoms with Crippen molar-refractivity contribution in [2.24, 2.45) is 0 Å². The molecule has 0 fully saturated rings. The second-order valence-corrected chi connectivity index (χ2v) is 4.03. The van der Waals surface area contributed by atoms with Gasteiger partial charge in [-0.05, 0) is 30.3 Å². The van der Waals surface area contributed by atoms with Crippen molar-refractivity contribution in [1.82, 2.24) is 0 Å². The van der Waals surface area contributed by atoms with Crippen LogP contribution in [0.15, 0.2) is 41.0 Å². The minimum atomic E-state index is -4.48. The molecular weight excluding hydrogens is 283 g/mol. The number of benzene rings is 1. The van der Waals surface area contributed by atoms with E-state index in [1.807, 2.05) is 0 Å². The first-order chi connectivity index (χ1) is 8.88. The van der Waals surface area contributed by atoms with Gasteiger partial charge in [0.05, 0.1) is 22.5 Å². The number of anilines is 1. The summed E-state index contributed by atoms with van der Waals surface area (Å²) in [4.78, 5) is 11.6. The first kappa shape index (κ1) is 13.5. The highest BCUT2D eigenvalue weighted by Gasteiger charge is 2.31. The molecule has 2 rings (SSSR count). The molecule has 1 amide bonds. The summed E-state index contributed by atoms with van der Waals surface area (Å²) in [6.07, 6.45) is -3.17. The second kappa shape index (κ2) is 4.97. The highest BCUT2D eigenvalue weighted by molar-refractivity contribution is 6.34. The second-order valence-electron chi connectivity index (χ2n) is 3.62. The highest BCUT2D eigenvalue weighted by atomic mass is 35.5. The Kier molecular flexibility index (Phi) is 3.53. The van der Waals surface area contributed by atoms with Gasteiger partial charge in [0.15, 0.2) is 5.76 Å². The Morgan fingerprint density at radius 2 is 2.00 bits per heavy atom. The average molecular weight is 290 g/mol. The van der Waals surface area contributed by atoms with Crippen LogP contribution in [0.3, 0.4) is 0 Å². The van der Waals surface area contributed by atoms with Crippen molar-refractivity contribution in [1.29, 1.82) is 0 Å². The maximum atomic E-state index is 12.4. The Morgan fingerprint density at radius 3 is 2.53 bits per heavy atom. The van der Waals surface area contributed by atoms with Crippen LogP contribution in [0.5, 0.6) is 0 Å². The maximum absolute atomic E-state index is 12.4. The Morgan fingerprint density at radius 1 is 1.26 bits per heavy atom. The molecule has 0 radical (unpaired) electrons. The Bertz CT molecular complexity index is 594. The Labute approximate surface area is 111 Å². The zero-order chi connectivity index (χ0) is 14.0. The van der Waals surface area contributed by atoms with Crippen LogP contribution in [-0.4, -0.2) is 5.91 Å². The molecule has 0 atom stereocenters. The number of nitrogens with one attached hydrogen (secondary N) is 1. The van der Waals surface area contributed by atoms with E-state index >= 15 is 0 Å². The lowest BCUT2D eigenvalue weighted by molar-refractivity contribution is -0.137. The van der Waals surface area contributed by atoms with Crippen molar-refractivity contribution in [3.63, 3.8) is 0 Å². The van der Waals surface area contributed by atoms with E-state index in [2.05, 4.69) is 5.32 Å². The minimum Gasteiger partial charge on any atom is -0.459 e. The highest BCUT2D eigenvalue weighted by Crippen LogP contribution is 2.33. The number of rotatable bonds is 2. The topological polar surface area (TPSA) is 42.2 Å². The molecule has 1 aromatic heterocycles. The summed E-state index contributed by atoms with van der Waals surface area (Å²) in [6.45, 7) is 0. The number of amides is 1. The normalized spacial score (nSPS) is 11.4. The van der Waals surface area contributed by atoms with Crippen LogP contribution in [0.1, 0.15) is 16.1 Å². The lowest BCUT2D eigenvalue weighted by atomic mass is 10.2. The third-order valence-electron chi connectivity index (χ3n) is 2.29. The van der Waals surface area contributed by atoms with Crippen molar-refractivity contribution in [3.8, 4) is 0 Å². The molecule has 0 bridgehead atoms. The Hall–Kier alpha value is -1.95. The number of alkyl halides is 3. The first-order valence-electron chi connectivity index (χ1n) is 5.09. The van der Waals surface area contributed by atoms with Crippen molar-refractivity contribution in [2.75, 3.05) is 5.32 Å². The third-order valence-corrected chi connectivity index (χ3v) is 2.60. The quantitative estimate of drug-likeness (QED) is 0.900. The molecular formula is C12H7ClF3NO2. The monoisotopic (exact) mass is 289 g/mol. The van der Waals surface area contributed by atoms with Gasteiger partial charge in [0.1, 0.15) is 0 Å². The van der Waals surface area contributed by atoms with E-state index in [4.69, 9.17) is 16.0 Å². The van der Waals surface area contributed by atoms with E-state index in [9.17, 15) is 18.0 Å². The predicted molar refractivity (Wildman–Crippen MR) is 63.1 cm³/mol. The van der Waals surface area contributed by atoms with Crippen molar-refractivity contribution in [2.45, 2.75) is 6.18 Å². The first-order valence-corrected chi connectivity index (χ1v) is 5.47. The summed E-state index contributed by atoms with van der Waals surface area (Å²) in [7, 11) is 0. The lowest BCUT2D eigenvalue weighted by Crippen LogP contribution is -2.12. The molecule has 0 aliphatic carbocycles. The lowest BCUT2D eigenvalue weighted by Gasteiger charge is -2.10. The number of furan rings is 1. The zero-order valence-corrected chi connectivity index (χ0v) is 10.0. The van der Waals surface area contributed by atoms with Crippen molar-refractivity contribution < 1.29 is 22.4 Å².